The van der Waals surface area contributed by atoms with Crippen LogP contribution in [-0.4, -0.2) is 25.5 Å². The summed E-state index contributed by atoms with van der Waals surface area (Å²) < 4.78 is 11.0. The van der Waals surface area contributed by atoms with Crippen LogP contribution >= 0.6 is 0 Å². The number of rotatable bonds is 6. The number of nitrogens with one attached hydrogen (secondary N) is 1. The van der Waals surface area contributed by atoms with Crippen LogP contribution in [0.4, 0.5) is 5.69 Å². The van der Waals surface area contributed by atoms with Gasteiger partial charge in [-0.2, -0.15) is 0 Å². The average molecular weight is 428 g/mol. The van der Waals surface area contributed by atoms with Crippen LogP contribution < -0.4 is 19.7 Å². The monoisotopic (exact) mass is 428 g/mol. The van der Waals surface area contributed by atoms with Gasteiger partial charge in [-0.15, -0.1) is 0 Å². The number of anilines is 1. The number of amides is 2. The summed E-state index contributed by atoms with van der Waals surface area (Å²) in [5, 5.41) is 2.87. The molecule has 1 aliphatic heterocycles. The van der Waals surface area contributed by atoms with Gasteiger partial charge in [0, 0.05) is 6.54 Å². The molecule has 0 fully saturated rings. The Balaban J connectivity index is 1.52. The second kappa shape index (κ2) is 9.39. The number of fused-ring (bicyclic) bond motifs is 1. The van der Waals surface area contributed by atoms with Crippen LogP contribution in [0.25, 0.3) is 6.08 Å². The van der Waals surface area contributed by atoms with Gasteiger partial charge in [0.2, 0.25) is 5.91 Å². The third-order valence-electron chi connectivity index (χ3n) is 5.12. The van der Waals surface area contributed by atoms with Gasteiger partial charge in [-0.25, -0.2) is 0 Å². The number of aryl methyl sites for hydroxylation is 1. The highest BCUT2D eigenvalue weighted by atomic mass is 16.5. The van der Waals surface area contributed by atoms with E-state index < -0.39 is 0 Å². The summed E-state index contributed by atoms with van der Waals surface area (Å²) in [6.45, 7) is 2.23. The fraction of sp³-hybridized carbons (Fsp3) is 0.154. The Bertz CT molecular complexity index is 1170. The van der Waals surface area contributed by atoms with E-state index >= 15 is 0 Å². The van der Waals surface area contributed by atoms with Crippen molar-refractivity contribution in [2.45, 2.75) is 13.5 Å². The summed E-state index contributed by atoms with van der Waals surface area (Å²) in [7, 11) is 1.61. The maximum Gasteiger partial charge on any atom is 0.294 e. The van der Waals surface area contributed by atoms with Crippen molar-refractivity contribution >= 4 is 23.6 Å². The number of hydrogen-bond acceptors (Lipinski definition) is 4. The van der Waals surface area contributed by atoms with E-state index in [0.717, 1.165) is 22.4 Å². The molecule has 6 heteroatoms. The molecule has 0 unspecified atom stereocenters. The van der Waals surface area contributed by atoms with Crippen molar-refractivity contribution in [1.29, 1.82) is 0 Å². The smallest absolute Gasteiger partial charge is 0.294 e. The molecule has 0 spiro atoms. The summed E-state index contributed by atoms with van der Waals surface area (Å²) in [5.41, 5.74) is 3.45. The van der Waals surface area contributed by atoms with E-state index in [9.17, 15) is 9.59 Å². The van der Waals surface area contributed by atoms with Gasteiger partial charge >= 0.3 is 0 Å². The predicted octanol–water partition coefficient (Wildman–Crippen LogP) is 4.09. The van der Waals surface area contributed by atoms with Crippen molar-refractivity contribution in [2.24, 2.45) is 0 Å². The van der Waals surface area contributed by atoms with E-state index in [2.05, 4.69) is 5.32 Å². The molecule has 0 aliphatic carbocycles. The molecule has 0 saturated heterocycles. The Morgan fingerprint density at radius 1 is 1.06 bits per heavy atom. The van der Waals surface area contributed by atoms with Gasteiger partial charge in [-0.1, -0.05) is 54.1 Å². The standard InChI is InChI=1S/C26H24N2O4/c1-18-6-5-7-20(14-18)15-24-26(30)28(22-8-3-4-9-23(22)32-24)17-25(29)27-16-19-10-12-21(31-2)13-11-19/h3-15H,16-17H2,1-2H3,(H,27,29). The van der Waals surface area contributed by atoms with Crippen molar-refractivity contribution in [1.82, 2.24) is 5.32 Å². The Kier molecular flexibility index (Phi) is 6.22. The molecular formula is C26H24N2O4. The maximum absolute atomic E-state index is 13.2. The molecule has 0 atom stereocenters. The zero-order valence-electron chi connectivity index (χ0n) is 18.0. The lowest BCUT2D eigenvalue weighted by atomic mass is 10.1. The molecule has 0 radical (unpaired) electrons. The van der Waals surface area contributed by atoms with Crippen molar-refractivity contribution in [3.63, 3.8) is 0 Å². The van der Waals surface area contributed by atoms with Crippen LogP contribution in [0, 0.1) is 6.92 Å². The van der Waals surface area contributed by atoms with E-state index in [1.807, 2.05) is 67.6 Å². The molecule has 0 saturated carbocycles. The largest absolute Gasteiger partial charge is 0.497 e. The molecule has 1 N–H and O–H groups in total. The fourth-order valence-corrected chi connectivity index (χ4v) is 3.47. The Labute approximate surface area is 187 Å². The molecule has 3 aromatic carbocycles. The lowest BCUT2D eigenvalue weighted by molar-refractivity contribution is -0.123. The number of methoxy groups -OCH3 is 1. The summed E-state index contributed by atoms with van der Waals surface area (Å²) in [6.07, 6.45) is 1.70. The number of benzene rings is 3. The molecule has 1 aliphatic rings. The zero-order valence-corrected chi connectivity index (χ0v) is 18.0. The minimum atomic E-state index is -0.357. The molecule has 32 heavy (non-hydrogen) atoms. The van der Waals surface area contributed by atoms with E-state index in [4.69, 9.17) is 9.47 Å². The number of hydrogen-bond donors (Lipinski definition) is 1. The summed E-state index contributed by atoms with van der Waals surface area (Å²) in [6, 6.07) is 22.4. The first-order valence-corrected chi connectivity index (χ1v) is 10.3. The topological polar surface area (TPSA) is 67.9 Å². The molecule has 162 valence electrons. The highest BCUT2D eigenvalue weighted by molar-refractivity contribution is 6.12. The Morgan fingerprint density at radius 3 is 2.59 bits per heavy atom. The number of carbonyl (C=O) groups excluding carboxylic acids is 2. The third-order valence-corrected chi connectivity index (χ3v) is 5.12. The molecule has 0 bridgehead atoms. The van der Waals surface area contributed by atoms with Crippen LogP contribution in [0.3, 0.4) is 0 Å². The first kappa shape index (κ1) is 21.2. The maximum atomic E-state index is 13.2. The van der Waals surface area contributed by atoms with Crippen LogP contribution in [0.15, 0.2) is 78.6 Å². The molecule has 0 aromatic heterocycles. The highest BCUT2D eigenvalue weighted by Crippen LogP contribution is 2.35. The third kappa shape index (κ3) is 4.81. The van der Waals surface area contributed by atoms with Crippen molar-refractivity contribution in [2.75, 3.05) is 18.6 Å². The second-order valence-corrected chi connectivity index (χ2v) is 7.51. The van der Waals surface area contributed by atoms with Crippen molar-refractivity contribution in [3.8, 4) is 11.5 Å². The van der Waals surface area contributed by atoms with Gasteiger partial charge in [0.05, 0.1) is 12.8 Å². The average Bonchev–Trinajstić information content (AvgIpc) is 2.81. The van der Waals surface area contributed by atoms with E-state index in [1.54, 1.807) is 25.3 Å². The van der Waals surface area contributed by atoms with E-state index in [0.29, 0.717) is 18.0 Å². The van der Waals surface area contributed by atoms with Crippen LogP contribution in [-0.2, 0) is 16.1 Å². The Morgan fingerprint density at radius 2 is 1.84 bits per heavy atom. The fourth-order valence-electron chi connectivity index (χ4n) is 3.47. The second-order valence-electron chi connectivity index (χ2n) is 7.51. The normalized spacial score (nSPS) is 14.0. The summed E-state index contributed by atoms with van der Waals surface area (Å²) >= 11 is 0. The van der Waals surface area contributed by atoms with Gasteiger partial charge < -0.3 is 14.8 Å². The van der Waals surface area contributed by atoms with E-state index in [-0.39, 0.29) is 24.1 Å². The molecule has 1 heterocycles. The van der Waals surface area contributed by atoms with Gasteiger partial charge in [0.1, 0.15) is 12.3 Å². The van der Waals surface area contributed by atoms with Gasteiger partial charge in [-0.05, 0) is 48.4 Å². The van der Waals surface area contributed by atoms with Crippen LogP contribution in [0.2, 0.25) is 0 Å². The first-order chi connectivity index (χ1) is 15.5. The Hall–Kier alpha value is -4.06. The molecule has 6 nitrogen and oxygen atoms in total. The number of carbonyl (C=O) groups is 2. The lowest BCUT2D eigenvalue weighted by Crippen LogP contribution is -2.44. The van der Waals surface area contributed by atoms with Crippen molar-refractivity contribution < 1.29 is 19.1 Å². The molecule has 4 rings (SSSR count). The number of para-hydroxylation sites is 2. The SMILES string of the molecule is COc1ccc(CNC(=O)CN2C(=O)C(=Cc3cccc(C)c3)Oc3ccccc32)cc1. The lowest BCUT2D eigenvalue weighted by Gasteiger charge is -2.30. The minimum absolute atomic E-state index is 0.111. The summed E-state index contributed by atoms with van der Waals surface area (Å²) in [4.78, 5) is 27.3. The minimum Gasteiger partial charge on any atom is -0.497 e. The van der Waals surface area contributed by atoms with Gasteiger partial charge in [0.15, 0.2) is 11.5 Å². The highest BCUT2D eigenvalue weighted by Gasteiger charge is 2.31. The van der Waals surface area contributed by atoms with Crippen LogP contribution in [0.1, 0.15) is 16.7 Å². The first-order valence-electron chi connectivity index (χ1n) is 10.3. The van der Waals surface area contributed by atoms with Gasteiger partial charge in [-0.3, -0.25) is 14.5 Å². The number of nitrogens with zero attached hydrogens (tertiary/aromatic N) is 1. The quantitative estimate of drug-likeness (QED) is 0.601. The molecule has 2 amide bonds. The van der Waals surface area contributed by atoms with Gasteiger partial charge in [0.25, 0.3) is 5.91 Å². The van der Waals surface area contributed by atoms with E-state index in [1.165, 1.54) is 4.90 Å². The van der Waals surface area contributed by atoms with Crippen molar-refractivity contribution in [3.05, 3.63) is 95.2 Å². The predicted molar refractivity (Wildman–Crippen MR) is 123 cm³/mol. The molecule has 3 aromatic rings. The number of ether oxygens (including phenoxy) is 2. The summed E-state index contributed by atoms with van der Waals surface area (Å²) in [5.74, 6) is 0.848. The zero-order chi connectivity index (χ0) is 22.5. The van der Waals surface area contributed by atoms with Crippen LogP contribution in [0.5, 0.6) is 11.5 Å². The molecular weight excluding hydrogens is 404 g/mol.